The fraction of sp³-hybridized carbons (Fsp3) is 0.217. The van der Waals surface area contributed by atoms with Crippen molar-refractivity contribution in [3.8, 4) is 0 Å². The number of rotatable bonds is 5. The molecule has 0 aliphatic rings. The highest BCUT2D eigenvalue weighted by molar-refractivity contribution is 6.66. The molecule has 4 aromatic carbocycles. The van der Waals surface area contributed by atoms with Crippen molar-refractivity contribution in [2.45, 2.75) is 19.0 Å². The minimum Gasteiger partial charge on any atom is -0.398 e. The van der Waals surface area contributed by atoms with Crippen molar-refractivity contribution in [3.63, 3.8) is 0 Å². The third kappa shape index (κ3) is 3.03. The van der Waals surface area contributed by atoms with Crippen LogP contribution in [0.5, 0.6) is 0 Å². The van der Waals surface area contributed by atoms with Crippen LogP contribution in [0.4, 0.5) is 0 Å². The lowest BCUT2D eigenvalue weighted by Crippen LogP contribution is -2.36. The van der Waals surface area contributed by atoms with E-state index < -0.39 is 8.56 Å². The Morgan fingerprint density at radius 2 is 1.27 bits per heavy atom. The number of hydrogen-bond acceptors (Lipinski definition) is 2. The molecule has 26 heavy (non-hydrogen) atoms. The van der Waals surface area contributed by atoms with Crippen molar-refractivity contribution in [2.75, 3.05) is 14.2 Å². The van der Waals surface area contributed by atoms with E-state index in [-0.39, 0.29) is 0 Å². The van der Waals surface area contributed by atoms with Gasteiger partial charge < -0.3 is 8.85 Å². The van der Waals surface area contributed by atoms with Gasteiger partial charge in [-0.1, -0.05) is 48.5 Å². The van der Waals surface area contributed by atoms with Crippen molar-refractivity contribution in [2.24, 2.45) is 0 Å². The van der Waals surface area contributed by atoms with Crippen molar-refractivity contribution in [1.29, 1.82) is 0 Å². The molecule has 0 spiro atoms. The normalized spacial score (nSPS) is 12.3. The van der Waals surface area contributed by atoms with Crippen molar-refractivity contribution < 1.29 is 8.85 Å². The lowest BCUT2D eigenvalue weighted by atomic mass is 9.93. The highest BCUT2D eigenvalue weighted by Crippen LogP contribution is 2.33. The molecule has 0 saturated heterocycles. The predicted molar refractivity (Wildman–Crippen MR) is 113 cm³/mol. The SMILES string of the molecule is CO[Si](C)(CCc1c2ccccc2cc2cc3ccccc3cc12)OC. The van der Waals surface area contributed by atoms with Gasteiger partial charge >= 0.3 is 8.56 Å². The van der Waals surface area contributed by atoms with E-state index >= 15 is 0 Å². The maximum absolute atomic E-state index is 5.72. The van der Waals surface area contributed by atoms with Crippen LogP contribution in [0.1, 0.15) is 5.56 Å². The molecule has 0 fully saturated rings. The topological polar surface area (TPSA) is 18.5 Å². The summed E-state index contributed by atoms with van der Waals surface area (Å²) in [7, 11) is 1.43. The largest absolute Gasteiger partial charge is 0.398 e. The second kappa shape index (κ2) is 6.84. The minimum absolute atomic E-state index is 0.940. The van der Waals surface area contributed by atoms with E-state index in [0.717, 1.165) is 12.5 Å². The zero-order valence-corrected chi connectivity index (χ0v) is 16.6. The smallest absolute Gasteiger partial charge is 0.334 e. The Balaban J connectivity index is 1.95. The Kier molecular flexibility index (Phi) is 4.53. The van der Waals surface area contributed by atoms with E-state index in [1.807, 2.05) is 0 Å². The van der Waals surface area contributed by atoms with E-state index in [0.29, 0.717) is 0 Å². The maximum Gasteiger partial charge on any atom is 0.334 e. The summed E-state index contributed by atoms with van der Waals surface area (Å²) in [6.07, 6.45) is 0.959. The Morgan fingerprint density at radius 3 is 1.96 bits per heavy atom. The van der Waals surface area contributed by atoms with Crippen LogP contribution in [0, 0.1) is 0 Å². The monoisotopic (exact) mass is 360 g/mol. The zero-order valence-electron chi connectivity index (χ0n) is 15.6. The molecule has 0 aliphatic heterocycles. The van der Waals surface area contributed by atoms with Gasteiger partial charge in [0.05, 0.1) is 0 Å². The molecule has 2 nitrogen and oxygen atoms in total. The molecule has 4 aromatic rings. The molecule has 0 N–H and O–H groups in total. The molecule has 0 radical (unpaired) electrons. The summed E-state index contributed by atoms with van der Waals surface area (Å²) in [6.45, 7) is 2.13. The summed E-state index contributed by atoms with van der Waals surface area (Å²) >= 11 is 0. The summed E-state index contributed by atoms with van der Waals surface area (Å²) in [6, 6.07) is 25.2. The lowest BCUT2D eigenvalue weighted by Gasteiger charge is -2.23. The van der Waals surface area contributed by atoms with Crippen molar-refractivity contribution in [3.05, 3.63) is 72.3 Å². The fourth-order valence-electron chi connectivity index (χ4n) is 3.76. The first-order chi connectivity index (χ1) is 12.6. The van der Waals surface area contributed by atoms with Gasteiger partial charge in [0.15, 0.2) is 0 Å². The van der Waals surface area contributed by atoms with Crippen LogP contribution in [-0.4, -0.2) is 22.8 Å². The average Bonchev–Trinajstić information content (AvgIpc) is 2.69. The van der Waals surface area contributed by atoms with Gasteiger partial charge in [-0.15, -0.1) is 0 Å². The van der Waals surface area contributed by atoms with Gasteiger partial charge in [-0.3, -0.25) is 0 Å². The Morgan fingerprint density at radius 1 is 0.692 bits per heavy atom. The zero-order chi connectivity index (χ0) is 18.1. The number of aryl methyl sites for hydroxylation is 1. The molecule has 0 heterocycles. The van der Waals surface area contributed by atoms with Crippen LogP contribution in [0.25, 0.3) is 32.3 Å². The molecule has 0 saturated carbocycles. The maximum atomic E-state index is 5.72. The van der Waals surface area contributed by atoms with Crippen LogP contribution < -0.4 is 0 Å². The van der Waals surface area contributed by atoms with E-state index in [4.69, 9.17) is 8.85 Å². The first-order valence-corrected chi connectivity index (χ1v) is 11.6. The van der Waals surface area contributed by atoms with Gasteiger partial charge in [0.2, 0.25) is 0 Å². The lowest BCUT2D eigenvalue weighted by molar-refractivity contribution is 0.249. The van der Waals surface area contributed by atoms with Gasteiger partial charge in [-0.2, -0.15) is 0 Å². The molecule has 0 amide bonds. The van der Waals surface area contributed by atoms with Gasteiger partial charge in [0.25, 0.3) is 0 Å². The van der Waals surface area contributed by atoms with E-state index in [1.165, 1.54) is 37.9 Å². The molecule has 0 aliphatic carbocycles. The molecule has 0 aromatic heterocycles. The first kappa shape index (κ1) is 17.2. The van der Waals surface area contributed by atoms with Crippen LogP contribution in [-0.2, 0) is 15.3 Å². The number of hydrogen-bond donors (Lipinski definition) is 0. The Bertz CT molecular complexity index is 1080. The molecule has 0 bridgehead atoms. The molecule has 3 heteroatoms. The molecule has 0 unspecified atom stereocenters. The van der Waals surface area contributed by atoms with Gasteiger partial charge in [0, 0.05) is 14.2 Å². The molecule has 4 rings (SSSR count). The fourth-order valence-corrected chi connectivity index (χ4v) is 5.04. The summed E-state index contributed by atoms with van der Waals surface area (Å²) < 4.78 is 11.4. The predicted octanol–water partition coefficient (Wildman–Crippen LogP) is 6.05. The Hall–Kier alpha value is -2.20. The number of fused-ring (bicyclic) bond motifs is 3. The van der Waals surface area contributed by atoms with E-state index in [2.05, 4.69) is 73.3 Å². The standard InChI is InChI=1S/C23H24O2Si/c1-24-26(3,25-2)13-12-22-21-11-7-6-10-19(21)15-20-14-17-8-4-5-9-18(17)16-23(20)22/h4-11,14-16H,12-13H2,1-3H3. The highest BCUT2D eigenvalue weighted by Gasteiger charge is 2.28. The van der Waals surface area contributed by atoms with Crippen LogP contribution in [0.2, 0.25) is 12.6 Å². The second-order valence-corrected chi connectivity index (χ2v) is 10.6. The molecule has 0 atom stereocenters. The minimum atomic E-state index is -2.11. The number of benzene rings is 4. The quantitative estimate of drug-likeness (QED) is 0.318. The summed E-state index contributed by atoms with van der Waals surface area (Å²) in [4.78, 5) is 0. The third-order valence-electron chi connectivity index (χ3n) is 5.53. The Labute approximate surface area is 155 Å². The third-order valence-corrected chi connectivity index (χ3v) is 8.42. The van der Waals surface area contributed by atoms with Gasteiger partial charge in [-0.25, -0.2) is 0 Å². The van der Waals surface area contributed by atoms with Crippen LogP contribution in [0.3, 0.4) is 0 Å². The molecular formula is C23H24O2Si. The summed E-state index contributed by atoms with van der Waals surface area (Å²) in [5, 5.41) is 7.84. The van der Waals surface area contributed by atoms with Crippen LogP contribution >= 0.6 is 0 Å². The highest BCUT2D eigenvalue weighted by atomic mass is 28.4. The van der Waals surface area contributed by atoms with E-state index in [1.54, 1.807) is 14.2 Å². The summed E-state index contributed by atoms with van der Waals surface area (Å²) in [5.41, 5.74) is 1.40. The van der Waals surface area contributed by atoms with E-state index in [9.17, 15) is 0 Å². The van der Waals surface area contributed by atoms with Gasteiger partial charge in [0.1, 0.15) is 0 Å². The van der Waals surface area contributed by atoms with Crippen molar-refractivity contribution in [1.82, 2.24) is 0 Å². The van der Waals surface area contributed by atoms with Crippen LogP contribution in [0.15, 0.2) is 66.7 Å². The molecule has 132 valence electrons. The van der Waals surface area contributed by atoms with Gasteiger partial charge in [-0.05, 0) is 75.1 Å². The molecular weight excluding hydrogens is 336 g/mol. The summed E-state index contributed by atoms with van der Waals surface area (Å²) in [5.74, 6) is 0. The average molecular weight is 361 g/mol. The second-order valence-electron chi connectivity index (χ2n) is 7.04. The first-order valence-electron chi connectivity index (χ1n) is 9.07. The van der Waals surface area contributed by atoms with Crippen molar-refractivity contribution >= 4 is 40.9 Å².